The lowest BCUT2D eigenvalue weighted by atomic mass is 10.0. The molecule has 0 spiro atoms. The smallest absolute Gasteiger partial charge is 0.317 e. The number of halogens is 1. The predicted octanol–water partition coefficient (Wildman–Crippen LogP) is 2.77. The first-order valence-electron chi connectivity index (χ1n) is 9.56. The van der Waals surface area contributed by atoms with Crippen LogP contribution in [0, 0.1) is 0 Å². The van der Waals surface area contributed by atoms with Crippen molar-refractivity contribution >= 4 is 35.3 Å². The second kappa shape index (κ2) is 9.49. The summed E-state index contributed by atoms with van der Waals surface area (Å²) in [5.74, 6) is -0.302. The summed E-state index contributed by atoms with van der Waals surface area (Å²) in [6.45, 7) is 5.64. The molecule has 0 atom stereocenters. The molecule has 0 saturated carbocycles. The van der Waals surface area contributed by atoms with Gasteiger partial charge in [0.25, 0.3) is 5.91 Å². The Morgan fingerprint density at radius 1 is 1.37 bits per heavy atom. The molecule has 0 radical (unpaired) electrons. The zero-order chi connectivity index (χ0) is 21.7. The van der Waals surface area contributed by atoms with E-state index in [0.29, 0.717) is 59.3 Å². The molecule has 4 N–H and O–H groups in total. The fourth-order valence-electron chi connectivity index (χ4n) is 3.23. The number of hydrogen-bond acceptors (Lipinski definition) is 4. The first-order valence-corrected chi connectivity index (χ1v) is 9.94. The van der Waals surface area contributed by atoms with Crippen molar-refractivity contribution in [1.29, 1.82) is 0 Å². The minimum absolute atomic E-state index is 0.0581. The average molecular weight is 430 g/mol. The maximum Gasteiger partial charge on any atom is 0.317 e. The lowest BCUT2D eigenvalue weighted by molar-refractivity contribution is -0.117. The normalized spacial score (nSPS) is 17.2. The summed E-state index contributed by atoms with van der Waals surface area (Å²) in [5.41, 5.74) is 2.83. The summed E-state index contributed by atoms with van der Waals surface area (Å²) in [4.78, 5) is 33.2. The lowest BCUT2D eigenvalue weighted by Crippen LogP contribution is -2.37. The van der Waals surface area contributed by atoms with E-state index in [1.165, 1.54) is 0 Å². The molecule has 0 bridgehead atoms. The molecule has 1 fully saturated rings. The van der Waals surface area contributed by atoms with Gasteiger partial charge < -0.3 is 25.6 Å². The zero-order valence-electron chi connectivity index (χ0n) is 16.8. The van der Waals surface area contributed by atoms with Crippen LogP contribution in [0.2, 0.25) is 5.02 Å². The first-order chi connectivity index (χ1) is 14.4. The van der Waals surface area contributed by atoms with Gasteiger partial charge in [-0.05, 0) is 49.8 Å². The van der Waals surface area contributed by atoms with Gasteiger partial charge in [-0.15, -0.1) is 0 Å². The van der Waals surface area contributed by atoms with Gasteiger partial charge in [0, 0.05) is 43.0 Å². The highest BCUT2D eigenvalue weighted by Gasteiger charge is 2.24. The summed E-state index contributed by atoms with van der Waals surface area (Å²) < 4.78 is 0. The van der Waals surface area contributed by atoms with Crippen molar-refractivity contribution in [1.82, 2.24) is 20.5 Å². The van der Waals surface area contributed by atoms with Crippen LogP contribution in [0.25, 0.3) is 6.08 Å². The van der Waals surface area contributed by atoms with Gasteiger partial charge in [-0.1, -0.05) is 11.6 Å². The fraction of sp³-hybridized carbons (Fsp3) is 0.286. The highest BCUT2D eigenvalue weighted by Crippen LogP contribution is 2.28. The number of allylic oxidation sites excluding steroid dienone is 1. The zero-order valence-corrected chi connectivity index (χ0v) is 17.6. The largest absolute Gasteiger partial charge is 0.494 e. The second-order valence-corrected chi connectivity index (χ2v) is 7.33. The van der Waals surface area contributed by atoms with Crippen LogP contribution in [0.15, 0.2) is 52.3 Å². The van der Waals surface area contributed by atoms with Gasteiger partial charge in [0.05, 0.1) is 17.0 Å². The molecule has 158 valence electrons. The number of H-pyrrole nitrogens is 1. The SMILES string of the molecule is CC1=NC(=Cc2ccc(Cl)ccc[nH]c2O)C(C)=C1C(=O)NCCN1CCNC1=O. The number of rotatable bonds is 5. The fourth-order valence-corrected chi connectivity index (χ4v) is 3.37. The number of aromatic hydroxyl groups is 1. The Morgan fingerprint density at radius 2 is 2.17 bits per heavy atom. The number of nitrogens with zero attached hydrogens (tertiary/aromatic N) is 2. The minimum atomic E-state index is -0.244. The molecule has 2 aliphatic rings. The van der Waals surface area contributed by atoms with Crippen LogP contribution < -0.4 is 10.6 Å². The third kappa shape index (κ3) is 5.01. The van der Waals surface area contributed by atoms with Crippen molar-refractivity contribution in [3.05, 3.63) is 57.9 Å². The summed E-state index contributed by atoms with van der Waals surface area (Å²) in [6, 6.07) is 6.58. The van der Waals surface area contributed by atoms with Gasteiger partial charge in [-0.3, -0.25) is 9.79 Å². The number of nitrogens with one attached hydrogen (secondary N) is 3. The summed E-state index contributed by atoms with van der Waals surface area (Å²) >= 11 is 6.07. The van der Waals surface area contributed by atoms with E-state index in [2.05, 4.69) is 20.6 Å². The Balaban J connectivity index is 1.79. The monoisotopic (exact) mass is 429 g/mol. The molecular formula is C21H24ClN5O3. The van der Waals surface area contributed by atoms with E-state index >= 15 is 0 Å². The van der Waals surface area contributed by atoms with Gasteiger partial charge in [0.1, 0.15) is 0 Å². The molecule has 9 heteroatoms. The van der Waals surface area contributed by atoms with E-state index < -0.39 is 0 Å². The highest BCUT2D eigenvalue weighted by molar-refractivity contribution is 6.30. The molecule has 0 aliphatic carbocycles. The standard InChI is InChI=1S/C21H24ClN5O3/c1-13-17(12-15-5-6-16(22)4-3-7-23-19(15)28)26-14(2)18(13)20(29)24-8-10-27-11-9-25-21(27)30/h3-7,12,23,28H,8-11H2,1-2H3,(H,24,29)(H,25,30). The van der Waals surface area contributed by atoms with E-state index in [4.69, 9.17) is 11.6 Å². The summed E-state index contributed by atoms with van der Waals surface area (Å²) in [5, 5.41) is 16.4. The van der Waals surface area contributed by atoms with Crippen molar-refractivity contribution in [3.8, 4) is 5.88 Å². The molecule has 3 heterocycles. The van der Waals surface area contributed by atoms with E-state index in [1.54, 1.807) is 48.4 Å². The Kier molecular flexibility index (Phi) is 6.79. The number of urea groups is 1. The average Bonchev–Trinajstić information content (AvgIpc) is 3.25. The molecule has 1 aromatic rings. The van der Waals surface area contributed by atoms with E-state index in [1.807, 2.05) is 6.92 Å². The topological polar surface area (TPSA) is 110 Å². The maximum absolute atomic E-state index is 12.7. The van der Waals surface area contributed by atoms with Crippen molar-refractivity contribution in [2.75, 3.05) is 26.2 Å². The lowest BCUT2D eigenvalue weighted by Gasteiger charge is -2.14. The quantitative estimate of drug-likeness (QED) is 0.577. The van der Waals surface area contributed by atoms with Gasteiger partial charge in [-0.2, -0.15) is 0 Å². The molecule has 0 unspecified atom stereocenters. The van der Waals surface area contributed by atoms with Crippen LogP contribution in [-0.4, -0.2) is 58.8 Å². The Bertz CT molecular complexity index is 1010. The molecule has 1 saturated heterocycles. The second-order valence-electron chi connectivity index (χ2n) is 6.89. The van der Waals surface area contributed by atoms with Gasteiger partial charge >= 0.3 is 6.03 Å². The van der Waals surface area contributed by atoms with Crippen LogP contribution in [-0.2, 0) is 4.79 Å². The number of carbonyl (C=O) groups is 2. The Hall–Kier alpha value is -3.26. The van der Waals surface area contributed by atoms with Crippen molar-refractivity contribution in [2.24, 2.45) is 4.99 Å². The molecule has 0 aromatic carbocycles. The molecular weight excluding hydrogens is 406 g/mol. The predicted molar refractivity (Wildman–Crippen MR) is 117 cm³/mol. The van der Waals surface area contributed by atoms with Gasteiger partial charge in [0.15, 0.2) is 5.88 Å². The Labute approximate surface area is 179 Å². The summed E-state index contributed by atoms with van der Waals surface area (Å²) in [6.07, 6.45) is 3.25. The first kappa shape index (κ1) is 21.4. The minimum Gasteiger partial charge on any atom is -0.494 e. The molecule has 3 rings (SSSR count). The third-order valence-electron chi connectivity index (χ3n) is 4.81. The highest BCUT2D eigenvalue weighted by atomic mass is 35.5. The van der Waals surface area contributed by atoms with Gasteiger partial charge in [0.2, 0.25) is 0 Å². The summed E-state index contributed by atoms with van der Waals surface area (Å²) in [7, 11) is 0. The van der Waals surface area contributed by atoms with E-state index in [9.17, 15) is 14.7 Å². The van der Waals surface area contributed by atoms with E-state index in [-0.39, 0.29) is 17.8 Å². The van der Waals surface area contributed by atoms with Crippen LogP contribution in [0.5, 0.6) is 5.88 Å². The van der Waals surface area contributed by atoms with E-state index in [0.717, 1.165) is 0 Å². The van der Waals surface area contributed by atoms with Crippen molar-refractivity contribution < 1.29 is 14.7 Å². The van der Waals surface area contributed by atoms with Crippen LogP contribution in [0.3, 0.4) is 0 Å². The maximum atomic E-state index is 12.7. The Morgan fingerprint density at radius 3 is 2.90 bits per heavy atom. The number of aromatic amines is 1. The number of hydrogen-bond donors (Lipinski definition) is 4. The molecule has 2 aliphatic heterocycles. The molecule has 3 amide bonds. The van der Waals surface area contributed by atoms with Crippen LogP contribution >= 0.6 is 11.6 Å². The third-order valence-corrected chi connectivity index (χ3v) is 5.06. The molecule has 30 heavy (non-hydrogen) atoms. The molecule has 1 aromatic heterocycles. The van der Waals surface area contributed by atoms with Crippen LogP contribution in [0.1, 0.15) is 19.4 Å². The number of amides is 3. The molecule has 8 nitrogen and oxygen atoms in total. The number of aromatic nitrogens is 1. The number of aliphatic imine (C=N–C) groups is 1. The van der Waals surface area contributed by atoms with Gasteiger partial charge in [-0.25, -0.2) is 4.79 Å². The number of carbonyl (C=O) groups excluding carboxylic acids is 2. The van der Waals surface area contributed by atoms with Crippen molar-refractivity contribution in [3.63, 3.8) is 0 Å². The van der Waals surface area contributed by atoms with Crippen LogP contribution in [0.4, 0.5) is 4.79 Å². The van der Waals surface area contributed by atoms with Crippen molar-refractivity contribution in [2.45, 2.75) is 13.8 Å².